The molecule has 0 aliphatic rings. The lowest BCUT2D eigenvalue weighted by molar-refractivity contribution is -0.275. The first-order valence-electron chi connectivity index (χ1n) is 7.29. The molecule has 1 aromatic carbocycles. The molecule has 0 spiro atoms. The molecule has 144 valence electrons. The van der Waals surface area contributed by atoms with Crippen LogP contribution in [0.25, 0.3) is 0 Å². The number of hydrazine groups is 1. The second kappa shape index (κ2) is 10.5. The molecule has 11 heteroatoms. The lowest BCUT2D eigenvalue weighted by atomic mass is 10.1. The molecule has 2 rings (SSSR count). The van der Waals surface area contributed by atoms with Gasteiger partial charge in [-0.25, -0.2) is 10.8 Å². The van der Waals surface area contributed by atoms with Crippen molar-refractivity contribution in [2.45, 2.75) is 13.0 Å². The van der Waals surface area contributed by atoms with Crippen LogP contribution in [-0.2, 0) is 11.4 Å². The number of pyridine rings is 1. The molecular formula is C16H16F3N5O3. The molecule has 2 aromatic rings. The van der Waals surface area contributed by atoms with E-state index in [1.807, 2.05) is 6.07 Å². The van der Waals surface area contributed by atoms with Crippen molar-refractivity contribution in [1.82, 2.24) is 10.4 Å². The van der Waals surface area contributed by atoms with E-state index in [9.17, 15) is 13.2 Å². The van der Waals surface area contributed by atoms with Gasteiger partial charge in [0.25, 0.3) is 0 Å². The van der Waals surface area contributed by atoms with Gasteiger partial charge in [-0.15, -0.1) is 13.2 Å². The van der Waals surface area contributed by atoms with Gasteiger partial charge in [0, 0.05) is 18.8 Å². The molecule has 1 aromatic heterocycles. The monoisotopic (exact) mass is 383 g/mol. The number of anilines is 1. The van der Waals surface area contributed by atoms with E-state index < -0.39 is 6.36 Å². The van der Waals surface area contributed by atoms with Crippen LogP contribution in [-0.4, -0.2) is 24.8 Å². The highest BCUT2D eigenvalue weighted by atomic mass is 19.4. The van der Waals surface area contributed by atoms with Crippen LogP contribution in [0.2, 0.25) is 0 Å². The average molecular weight is 383 g/mol. The number of nitrogens with two attached hydrogens (primary N) is 1. The molecule has 0 bridgehead atoms. The fourth-order valence-corrected chi connectivity index (χ4v) is 1.87. The lowest BCUT2D eigenvalue weighted by Crippen LogP contribution is -2.19. The van der Waals surface area contributed by atoms with Gasteiger partial charge in [0.05, 0.1) is 5.56 Å². The van der Waals surface area contributed by atoms with Gasteiger partial charge in [0.1, 0.15) is 24.1 Å². The SMILES string of the molecule is CNc1cccc(OC(F)(F)F)c1COc1cccc(C#N)n1.NNC=O. The predicted molar refractivity (Wildman–Crippen MR) is 89.3 cm³/mol. The number of benzene rings is 1. The molecule has 27 heavy (non-hydrogen) atoms. The first kappa shape index (κ1) is 21.5. The lowest BCUT2D eigenvalue weighted by Gasteiger charge is -2.16. The minimum absolute atomic E-state index is 0.132. The Balaban J connectivity index is 0.000000828. The Labute approximate surface area is 152 Å². The second-order valence-electron chi connectivity index (χ2n) is 4.63. The summed E-state index contributed by atoms with van der Waals surface area (Å²) in [6, 6.07) is 10.7. The number of carbonyl (C=O) groups excluding carboxylic acids is 1. The predicted octanol–water partition coefficient (Wildman–Crippen LogP) is 2.08. The van der Waals surface area contributed by atoms with Crippen molar-refractivity contribution in [3.05, 3.63) is 47.7 Å². The van der Waals surface area contributed by atoms with Crippen LogP contribution in [0.15, 0.2) is 36.4 Å². The maximum absolute atomic E-state index is 12.5. The molecule has 0 saturated carbocycles. The summed E-state index contributed by atoms with van der Waals surface area (Å²) in [5.41, 5.74) is 2.52. The Bertz CT molecular complexity index is 794. The summed E-state index contributed by atoms with van der Waals surface area (Å²) in [4.78, 5) is 12.8. The Hall–Kier alpha value is -3.52. The van der Waals surface area contributed by atoms with E-state index in [0.29, 0.717) is 12.1 Å². The number of nitrogens with zero attached hydrogens (tertiary/aromatic N) is 2. The average Bonchev–Trinajstić information content (AvgIpc) is 2.66. The van der Waals surface area contributed by atoms with Crippen LogP contribution < -0.4 is 26.1 Å². The van der Waals surface area contributed by atoms with E-state index in [1.54, 1.807) is 24.6 Å². The zero-order chi connectivity index (χ0) is 20.3. The van der Waals surface area contributed by atoms with Gasteiger partial charge >= 0.3 is 6.36 Å². The molecular weight excluding hydrogens is 367 g/mol. The van der Waals surface area contributed by atoms with Crippen molar-refractivity contribution in [1.29, 1.82) is 5.26 Å². The standard InChI is InChI=1S/C15H12F3N3O2.CH4N2O/c1-20-12-5-3-6-13(23-15(16,17)18)11(12)9-22-14-7-2-4-10(8-19)21-14;2-3-1-4/h2-7,20H,9H2,1H3;1H,2H2,(H,3,4). The zero-order valence-corrected chi connectivity index (χ0v) is 14.1. The first-order chi connectivity index (χ1) is 12.8. The maximum Gasteiger partial charge on any atom is 0.573 e. The molecule has 0 saturated heterocycles. The molecule has 4 N–H and O–H groups in total. The molecule has 8 nitrogen and oxygen atoms in total. The van der Waals surface area contributed by atoms with E-state index in [4.69, 9.17) is 14.8 Å². The zero-order valence-electron chi connectivity index (χ0n) is 14.1. The number of amides is 1. The largest absolute Gasteiger partial charge is 0.573 e. The van der Waals surface area contributed by atoms with E-state index in [-0.39, 0.29) is 29.5 Å². The molecule has 1 amide bonds. The quantitative estimate of drug-likeness (QED) is 0.302. The maximum atomic E-state index is 12.5. The highest BCUT2D eigenvalue weighted by molar-refractivity contribution is 5.57. The summed E-state index contributed by atoms with van der Waals surface area (Å²) in [6.45, 7) is -0.204. The Morgan fingerprint density at radius 3 is 2.52 bits per heavy atom. The summed E-state index contributed by atoms with van der Waals surface area (Å²) in [7, 11) is 1.57. The van der Waals surface area contributed by atoms with Crippen molar-refractivity contribution in [3.63, 3.8) is 0 Å². The van der Waals surface area contributed by atoms with Gasteiger partial charge in [-0.2, -0.15) is 5.26 Å². The van der Waals surface area contributed by atoms with Crippen molar-refractivity contribution in [2.24, 2.45) is 5.84 Å². The molecule has 1 heterocycles. The van der Waals surface area contributed by atoms with Gasteiger partial charge in [-0.1, -0.05) is 12.1 Å². The van der Waals surface area contributed by atoms with Gasteiger partial charge in [-0.05, 0) is 18.2 Å². The molecule has 0 fully saturated rings. The van der Waals surface area contributed by atoms with Crippen molar-refractivity contribution in [3.8, 4) is 17.7 Å². The fourth-order valence-electron chi connectivity index (χ4n) is 1.87. The van der Waals surface area contributed by atoms with Gasteiger partial charge < -0.3 is 14.8 Å². The molecule has 0 aliphatic carbocycles. The number of carbonyl (C=O) groups is 1. The van der Waals surface area contributed by atoms with Crippen molar-refractivity contribution >= 4 is 12.1 Å². The van der Waals surface area contributed by atoms with Crippen LogP contribution in [0.4, 0.5) is 18.9 Å². The van der Waals surface area contributed by atoms with Gasteiger partial charge in [-0.3, -0.25) is 10.2 Å². The summed E-state index contributed by atoms with van der Waals surface area (Å²) in [6.07, 6.45) is -4.40. The molecule has 0 atom stereocenters. The van der Waals surface area contributed by atoms with Gasteiger partial charge in [0.2, 0.25) is 12.3 Å². The normalized spacial score (nSPS) is 9.93. The highest BCUT2D eigenvalue weighted by Gasteiger charge is 2.32. The smallest absolute Gasteiger partial charge is 0.473 e. The minimum Gasteiger partial charge on any atom is -0.473 e. The summed E-state index contributed by atoms with van der Waals surface area (Å²) < 4.78 is 46.9. The van der Waals surface area contributed by atoms with E-state index in [2.05, 4.69) is 20.9 Å². The van der Waals surface area contributed by atoms with Crippen molar-refractivity contribution in [2.75, 3.05) is 12.4 Å². The molecule has 0 unspecified atom stereocenters. The number of nitrogens with one attached hydrogen (secondary N) is 2. The number of halogens is 3. The number of ether oxygens (including phenoxy) is 2. The Morgan fingerprint density at radius 1 is 1.30 bits per heavy atom. The minimum atomic E-state index is -4.81. The summed E-state index contributed by atoms with van der Waals surface area (Å²) in [5.74, 6) is 4.18. The van der Waals surface area contributed by atoms with E-state index in [1.165, 1.54) is 24.3 Å². The number of hydrogen-bond acceptors (Lipinski definition) is 7. The van der Waals surface area contributed by atoms with E-state index in [0.717, 1.165) is 0 Å². The van der Waals surface area contributed by atoms with E-state index >= 15 is 0 Å². The van der Waals surface area contributed by atoms with Crippen LogP contribution in [0, 0.1) is 11.3 Å². The van der Waals surface area contributed by atoms with Crippen LogP contribution >= 0.6 is 0 Å². The van der Waals surface area contributed by atoms with Crippen molar-refractivity contribution < 1.29 is 27.4 Å². The molecule has 0 radical (unpaired) electrons. The fraction of sp³-hybridized carbons (Fsp3) is 0.188. The third kappa shape index (κ3) is 7.49. The first-order valence-corrected chi connectivity index (χ1v) is 7.29. The van der Waals surface area contributed by atoms with Crippen LogP contribution in [0.5, 0.6) is 11.6 Å². The third-order valence-corrected chi connectivity index (χ3v) is 2.90. The number of alkyl halides is 3. The van der Waals surface area contributed by atoms with Crippen LogP contribution in [0.1, 0.15) is 11.3 Å². The number of aromatic nitrogens is 1. The Kier molecular flexibility index (Phi) is 8.34. The summed E-state index contributed by atoms with van der Waals surface area (Å²) in [5, 5.41) is 11.6. The Morgan fingerprint density at radius 2 is 1.96 bits per heavy atom. The van der Waals surface area contributed by atoms with Gasteiger partial charge in [0.15, 0.2) is 0 Å². The molecule has 0 aliphatic heterocycles. The number of hydrogen-bond donors (Lipinski definition) is 3. The second-order valence-corrected chi connectivity index (χ2v) is 4.63. The number of rotatable bonds is 6. The topological polar surface area (TPSA) is 122 Å². The van der Waals surface area contributed by atoms with Crippen LogP contribution in [0.3, 0.4) is 0 Å². The summed E-state index contributed by atoms with van der Waals surface area (Å²) >= 11 is 0. The highest BCUT2D eigenvalue weighted by Crippen LogP contribution is 2.31. The number of nitriles is 1. The third-order valence-electron chi connectivity index (χ3n) is 2.90.